The van der Waals surface area contributed by atoms with Gasteiger partial charge in [-0.15, -0.1) is 0 Å². The first-order valence-corrected chi connectivity index (χ1v) is 5.83. The molecule has 0 saturated heterocycles. The van der Waals surface area contributed by atoms with E-state index in [1.807, 2.05) is 0 Å². The summed E-state index contributed by atoms with van der Waals surface area (Å²) in [7, 11) is 0. The van der Waals surface area contributed by atoms with Crippen LogP contribution in [0.15, 0.2) is 17.5 Å². The van der Waals surface area contributed by atoms with Gasteiger partial charge < -0.3 is 15.8 Å². The van der Waals surface area contributed by atoms with Crippen molar-refractivity contribution in [1.29, 1.82) is 0 Å². The van der Waals surface area contributed by atoms with Gasteiger partial charge in [-0.05, 0) is 19.3 Å². The van der Waals surface area contributed by atoms with E-state index >= 15 is 0 Å². The first-order valence-electron chi connectivity index (χ1n) is 5.83. The molecule has 1 aliphatic carbocycles. The molecule has 1 heterocycles. The number of nitrogens with zero attached hydrogens (tertiary/aromatic N) is 4. The lowest BCUT2D eigenvalue weighted by Crippen LogP contribution is -2.31. The summed E-state index contributed by atoms with van der Waals surface area (Å²) in [5.74, 6) is 0.724. The van der Waals surface area contributed by atoms with Crippen LogP contribution in [0.5, 0.6) is 0 Å². The Balaban J connectivity index is 2.34. The lowest BCUT2D eigenvalue weighted by molar-refractivity contribution is 0.318. The highest BCUT2D eigenvalue weighted by Gasteiger charge is 2.31. The fourth-order valence-corrected chi connectivity index (χ4v) is 1.86. The van der Waals surface area contributed by atoms with E-state index in [9.17, 15) is 0 Å². The average molecular weight is 235 g/mol. The van der Waals surface area contributed by atoms with Crippen LogP contribution >= 0.6 is 0 Å². The molecule has 17 heavy (non-hydrogen) atoms. The van der Waals surface area contributed by atoms with Crippen molar-refractivity contribution in [2.24, 2.45) is 10.9 Å². The van der Waals surface area contributed by atoms with E-state index in [1.165, 1.54) is 12.8 Å². The van der Waals surface area contributed by atoms with Crippen molar-refractivity contribution >= 4 is 11.7 Å². The Kier molecular flexibility index (Phi) is 3.41. The summed E-state index contributed by atoms with van der Waals surface area (Å²) in [6.45, 7) is 3.03. The zero-order chi connectivity index (χ0) is 12.3. The zero-order valence-electron chi connectivity index (χ0n) is 9.87. The molecule has 6 nitrogen and oxygen atoms in total. The maximum absolute atomic E-state index is 8.76. The van der Waals surface area contributed by atoms with Gasteiger partial charge in [-0.2, -0.15) is 0 Å². The molecule has 2 rings (SSSR count). The van der Waals surface area contributed by atoms with Gasteiger partial charge >= 0.3 is 0 Å². The molecule has 0 atom stereocenters. The quantitative estimate of drug-likeness (QED) is 0.343. The van der Waals surface area contributed by atoms with Gasteiger partial charge in [0.1, 0.15) is 0 Å². The minimum absolute atomic E-state index is 0.00912. The highest BCUT2D eigenvalue weighted by Crippen LogP contribution is 2.31. The maximum atomic E-state index is 8.76. The number of rotatable bonds is 5. The third-order valence-electron chi connectivity index (χ3n) is 2.75. The number of anilines is 1. The number of hydrogen-bond acceptors (Lipinski definition) is 5. The number of nitrogens with two attached hydrogens (primary N) is 1. The third-order valence-corrected chi connectivity index (χ3v) is 2.75. The van der Waals surface area contributed by atoms with E-state index in [0.717, 1.165) is 13.0 Å². The summed E-state index contributed by atoms with van der Waals surface area (Å²) >= 11 is 0. The second-order valence-electron chi connectivity index (χ2n) is 4.14. The fourth-order valence-electron chi connectivity index (χ4n) is 1.86. The summed E-state index contributed by atoms with van der Waals surface area (Å²) in [5.41, 5.74) is 6.07. The molecule has 0 bridgehead atoms. The number of aromatic nitrogens is 2. The van der Waals surface area contributed by atoms with E-state index in [1.54, 1.807) is 12.4 Å². The van der Waals surface area contributed by atoms with Crippen LogP contribution in [0.1, 0.15) is 31.9 Å². The van der Waals surface area contributed by atoms with Crippen molar-refractivity contribution < 1.29 is 5.21 Å². The normalized spacial score (nSPS) is 15.9. The molecule has 0 spiro atoms. The monoisotopic (exact) mass is 235 g/mol. The Bertz CT molecular complexity index is 416. The van der Waals surface area contributed by atoms with Gasteiger partial charge in [0.2, 0.25) is 0 Å². The number of oxime groups is 1. The predicted molar refractivity (Wildman–Crippen MR) is 65.2 cm³/mol. The number of hydrogen-bond donors (Lipinski definition) is 2. The Morgan fingerprint density at radius 1 is 1.53 bits per heavy atom. The van der Waals surface area contributed by atoms with Crippen LogP contribution in [0.2, 0.25) is 0 Å². The lowest BCUT2D eigenvalue weighted by Gasteiger charge is -2.24. The van der Waals surface area contributed by atoms with Gasteiger partial charge in [0.05, 0.1) is 0 Å². The van der Waals surface area contributed by atoms with Gasteiger partial charge in [-0.1, -0.05) is 12.1 Å². The smallest absolute Gasteiger partial charge is 0.192 e. The second-order valence-corrected chi connectivity index (χ2v) is 4.14. The molecule has 0 amide bonds. The minimum Gasteiger partial charge on any atom is -0.409 e. The lowest BCUT2D eigenvalue weighted by atomic mass is 10.3. The van der Waals surface area contributed by atoms with E-state index in [2.05, 4.69) is 26.9 Å². The fraction of sp³-hybridized carbons (Fsp3) is 0.545. The van der Waals surface area contributed by atoms with Gasteiger partial charge in [0.25, 0.3) is 0 Å². The molecule has 3 N–H and O–H groups in total. The molecule has 0 radical (unpaired) electrons. The van der Waals surface area contributed by atoms with E-state index in [4.69, 9.17) is 10.9 Å². The van der Waals surface area contributed by atoms with Crippen LogP contribution in [0.3, 0.4) is 0 Å². The summed E-state index contributed by atoms with van der Waals surface area (Å²) in [6, 6.07) is 0.525. The molecule has 0 unspecified atom stereocenters. The van der Waals surface area contributed by atoms with E-state index in [0.29, 0.717) is 17.6 Å². The largest absolute Gasteiger partial charge is 0.409 e. The summed E-state index contributed by atoms with van der Waals surface area (Å²) < 4.78 is 0. The number of amidine groups is 1. The van der Waals surface area contributed by atoms with Crippen LogP contribution in [-0.2, 0) is 0 Å². The molecule has 6 heteroatoms. The van der Waals surface area contributed by atoms with Crippen molar-refractivity contribution in [3.63, 3.8) is 0 Å². The maximum Gasteiger partial charge on any atom is 0.192 e. The first kappa shape index (κ1) is 11.6. The average Bonchev–Trinajstić information content (AvgIpc) is 3.19. The molecular formula is C11H17N5O. The third kappa shape index (κ3) is 2.46. The van der Waals surface area contributed by atoms with Gasteiger partial charge in [0.15, 0.2) is 17.3 Å². The van der Waals surface area contributed by atoms with Crippen molar-refractivity contribution in [3.05, 3.63) is 18.1 Å². The van der Waals surface area contributed by atoms with Crippen LogP contribution < -0.4 is 10.6 Å². The van der Waals surface area contributed by atoms with Gasteiger partial charge in [-0.3, -0.25) is 0 Å². The van der Waals surface area contributed by atoms with Gasteiger partial charge in [-0.25, -0.2) is 9.97 Å². The topological polar surface area (TPSA) is 87.6 Å². The van der Waals surface area contributed by atoms with Crippen molar-refractivity contribution in [2.75, 3.05) is 11.4 Å². The molecule has 1 aromatic heterocycles. The molecule has 1 fully saturated rings. The van der Waals surface area contributed by atoms with Crippen LogP contribution in [0.4, 0.5) is 5.82 Å². The molecule has 1 aromatic rings. The Morgan fingerprint density at radius 2 is 2.24 bits per heavy atom. The van der Waals surface area contributed by atoms with Crippen LogP contribution in [0.25, 0.3) is 0 Å². The second kappa shape index (κ2) is 4.99. The van der Waals surface area contributed by atoms with Crippen molar-refractivity contribution in [2.45, 2.75) is 32.2 Å². The first-order chi connectivity index (χ1) is 8.27. The standard InChI is InChI=1S/C11H17N5O/c1-2-7-16(8-3-4-8)11-9(10(12)15-17)13-5-6-14-11/h5-6,8,17H,2-4,7H2,1H3,(H2,12,15). The molecule has 0 aliphatic heterocycles. The van der Waals surface area contributed by atoms with Gasteiger partial charge in [0, 0.05) is 25.0 Å². The van der Waals surface area contributed by atoms with E-state index in [-0.39, 0.29) is 5.84 Å². The SMILES string of the molecule is CCCN(c1nccnc1C(N)=NO)C1CC1. The highest BCUT2D eigenvalue weighted by molar-refractivity contribution is 5.99. The Hall–Kier alpha value is -1.85. The summed E-state index contributed by atoms with van der Waals surface area (Å²) in [5, 5.41) is 11.8. The molecular weight excluding hydrogens is 218 g/mol. The zero-order valence-corrected chi connectivity index (χ0v) is 9.87. The molecule has 0 aromatic carbocycles. The minimum atomic E-state index is 0.00912. The van der Waals surface area contributed by atoms with Crippen molar-refractivity contribution in [1.82, 2.24) is 9.97 Å². The summed E-state index contributed by atoms with van der Waals surface area (Å²) in [4.78, 5) is 10.7. The Morgan fingerprint density at radius 3 is 2.82 bits per heavy atom. The van der Waals surface area contributed by atoms with Crippen molar-refractivity contribution in [3.8, 4) is 0 Å². The summed E-state index contributed by atoms with van der Waals surface area (Å²) in [6.07, 6.45) is 6.56. The molecule has 92 valence electrons. The highest BCUT2D eigenvalue weighted by atomic mass is 16.4. The molecule has 1 aliphatic rings. The predicted octanol–water partition coefficient (Wildman–Crippen LogP) is 0.950. The van der Waals surface area contributed by atoms with E-state index < -0.39 is 0 Å². The molecule has 1 saturated carbocycles. The van der Waals surface area contributed by atoms with Crippen LogP contribution in [-0.4, -0.2) is 33.6 Å². The van der Waals surface area contributed by atoms with Crippen LogP contribution in [0, 0.1) is 0 Å². The Labute approximate surface area is 100 Å².